The molecule has 1 saturated heterocycles. The highest BCUT2D eigenvalue weighted by atomic mass is 19.4. The lowest BCUT2D eigenvalue weighted by atomic mass is 10.0. The Balaban J connectivity index is 1.65. The van der Waals surface area contributed by atoms with Gasteiger partial charge in [-0.2, -0.15) is 13.2 Å². The summed E-state index contributed by atoms with van der Waals surface area (Å²) in [5, 5.41) is 0. The Morgan fingerprint density at radius 2 is 2.00 bits per heavy atom. The number of likely N-dealkylation sites (tertiary alicyclic amines) is 1. The first-order chi connectivity index (χ1) is 11.4. The zero-order chi connectivity index (χ0) is 17.2. The largest absolute Gasteiger partial charge is 0.486 e. The third-order valence-corrected chi connectivity index (χ3v) is 4.02. The van der Waals surface area contributed by atoms with Crippen molar-refractivity contribution in [3.05, 3.63) is 23.8 Å². The van der Waals surface area contributed by atoms with Gasteiger partial charge in [-0.1, -0.05) is 6.07 Å². The second-order valence-electron chi connectivity index (χ2n) is 5.76. The average Bonchev–Trinajstić information content (AvgIpc) is 3.03. The van der Waals surface area contributed by atoms with Crippen LogP contribution in [0.2, 0.25) is 0 Å². The fraction of sp³-hybridized carbons (Fsp3) is 0.562. The van der Waals surface area contributed by atoms with Gasteiger partial charge in [-0.3, -0.25) is 4.79 Å². The van der Waals surface area contributed by atoms with Crippen molar-refractivity contribution in [2.75, 3.05) is 33.0 Å². The smallest absolute Gasteiger partial charge is 0.411 e. The molecule has 1 aromatic rings. The number of benzene rings is 1. The normalized spacial score (nSPS) is 20.3. The van der Waals surface area contributed by atoms with E-state index in [0.717, 1.165) is 18.4 Å². The highest BCUT2D eigenvalue weighted by molar-refractivity contribution is 5.78. The molecule has 1 amide bonds. The molecule has 0 radical (unpaired) electrons. The zero-order valence-electron chi connectivity index (χ0n) is 13.0. The van der Waals surface area contributed by atoms with Gasteiger partial charge >= 0.3 is 6.18 Å². The second-order valence-corrected chi connectivity index (χ2v) is 5.76. The van der Waals surface area contributed by atoms with Crippen LogP contribution in [0.4, 0.5) is 13.2 Å². The third kappa shape index (κ3) is 3.92. The Bertz CT molecular complexity index is 605. The SMILES string of the molecule is O=C(COCC(F)(F)F)N1CCC[C@H]1c1ccc2c(c1)OCCO2. The number of carbonyl (C=O) groups excluding carboxylic acids is 1. The minimum Gasteiger partial charge on any atom is -0.486 e. The molecule has 2 aliphatic heterocycles. The lowest BCUT2D eigenvalue weighted by Crippen LogP contribution is -2.34. The molecule has 0 unspecified atom stereocenters. The summed E-state index contributed by atoms with van der Waals surface area (Å²) in [6.07, 6.45) is -2.88. The number of halogens is 3. The van der Waals surface area contributed by atoms with E-state index in [-0.39, 0.29) is 6.04 Å². The minimum atomic E-state index is -4.43. The first-order valence-corrected chi connectivity index (χ1v) is 7.77. The average molecular weight is 345 g/mol. The fourth-order valence-corrected chi connectivity index (χ4v) is 3.02. The molecule has 3 rings (SSSR count). The Morgan fingerprint density at radius 1 is 1.25 bits per heavy atom. The molecule has 5 nitrogen and oxygen atoms in total. The molecule has 0 N–H and O–H groups in total. The molecule has 1 aromatic carbocycles. The van der Waals surface area contributed by atoms with Crippen LogP contribution in [-0.2, 0) is 9.53 Å². The zero-order valence-corrected chi connectivity index (χ0v) is 13.0. The van der Waals surface area contributed by atoms with Gasteiger partial charge in [-0.15, -0.1) is 0 Å². The lowest BCUT2D eigenvalue weighted by molar-refractivity contribution is -0.178. The van der Waals surface area contributed by atoms with Crippen molar-refractivity contribution in [3.8, 4) is 11.5 Å². The van der Waals surface area contributed by atoms with E-state index < -0.39 is 25.3 Å². The van der Waals surface area contributed by atoms with E-state index in [1.807, 2.05) is 12.1 Å². The summed E-state index contributed by atoms with van der Waals surface area (Å²) >= 11 is 0. The Hall–Kier alpha value is -1.96. The molecule has 0 aliphatic carbocycles. The molecule has 2 aliphatic rings. The van der Waals surface area contributed by atoms with Gasteiger partial charge in [-0.25, -0.2) is 0 Å². The molecule has 0 saturated carbocycles. The summed E-state index contributed by atoms with van der Waals surface area (Å²) < 4.78 is 51.8. The molecule has 1 atom stereocenters. The molecular formula is C16H18F3NO4. The van der Waals surface area contributed by atoms with Gasteiger partial charge < -0.3 is 19.1 Å². The monoisotopic (exact) mass is 345 g/mol. The highest BCUT2D eigenvalue weighted by Gasteiger charge is 2.32. The predicted molar refractivity (Wildman–Crippen MR) is 78.0 cm³/mol. The van der Waals surface area contributed by atoms with E-state index in [0.29, 0.717) is 31.3 Å². The van der Waals surface area contributed by atoms with E-state index >= 15 is 0 Å². The standard InChI is InChI=1S/C16H18F3NO4/c17-16(18,19)10-22-9-15(21)20-5-1-2-12(20)11-3-4-13-14(8-11)24-7-6-23-13/h3-4,8,12H,1-2,5-7,9-10H2/t12-/m0/s1. The van der Waals surface area contributed by atoms with E-state index in [9.17, 15) is 18.0 Å². The molecule has 8 heteroatoms. The highest BCUT2D eigenvalue weighted by Crippen LogP contribution is 2.38. The summed E-state index contributed by atoms with van der Waals surface area (Å²) in [5.74, 6) is 0.859. The fourth-order valence-electron chi connectivity index (χ4n) is 3.02. The van der Waals surface area contributed by atoms with Gasteiger partial charge in [-0.05, 0) is 30.5 Å². The first-order valence-electron chi connectivity index (χ1n) is 7.77. The minimum absolute atomic E-state index is 0.178. The number of fused-ring (bicyclic) bond motifs is 1. The van der Waals surface area contributed by atoms with Crippen LogP contribution >= 0.6 is 0 Å². The van der Waals surface area contributed by atoms with Crippen molar-refractivity contribution in [2.45, 2.75) is 25.1 Å². The molecular weight excluding hydrogens is 327 g/mol. The van der Waals surface area contributed by atoms with Crippen molar-refractivity contribution in [2.24, 2.45) is 0 Å². The van der Waals surface area contributed by atoms with Gasteiger partial charge in [0.15, 0.2) is 11.5 Å². The van der Waals surface area contributed by atoms with E-state index in [1.165, 1.54) is 0 Å². The first kappa shape index (κ1) is 16.9. The summed E-state index contributed by atoms with van der Waals surface area (Å²) in [6.45, 7) is -0.513. The van der Waals surface area contributed by atoms with Gasteiger partial charge in [0.1, 0.15) is 26.4 Å². The Kier molecular flexibility index (Phi) is 4.84. The van der Waals surface area contributed by atoms with Crippen molar-refractivity contribution in [3.63, 3.8) is 0 Å². The van der Waals surface area contributed by atoms with Gasteiger partial charge in [0.05, 0.1) is 6.04 Å². The number of carbonyl (C=O) groups is 1. The lowest BCUT2D eigenvalue weighted by Gasteiger charge is -2.26. The number of alkyl halides is 3. The van der Waals surface area contributed by atoms with Crippen molar-refractivity contribution in [1.29, 1.82) is 0 Å². The number of hydrogen-bond acceptors (Lipinski definition) is 4. The van der Waals surface area contributed by atoms with Gasteiger partial charge in [0, 0.05) is 6.54 Å². The predicted octanol–water partition coefficient (Wildman–Crippen LogP) is 2.70. The second kappa shape index (κ2) is 6.88. The maximum Gasteiger partial charge on any atom is 0.411 e. The van der Waals surface area contributed by atoms with E-state index in [2.05, 4.69) is 4.74 Å². The van der Waals surface area contributed by atoms with Crippen LogP contribution in [0, 0.1) is 0 Å². The molecule has 132 valence electrons. The molecule has 24 heavy (non-hydrogen) atoms. The number of rotatable bonds is 4. The van der Waals surface area contributed by atoms with Crippen LogP contribution in [0.25, 0.3) is 0 Å². The van der Waals surface area contributed by atoms with E-state index in [1.54, 1.807) is 11.0 Å². The molecule has 2 heterocycles. The maximum atomic E-state index is 12.2. The van der Waals surface area contributed by atoms with Gasteiger partial charge in [0.2, 0.25) is 5.91 Å². The number of amides is 1. The van der Waals surface area contributed by atoms with Crippen LogP contribution in [0.1, 0.15) is 24.4 Å². The van der Waals surface area contributed by atoms with E-state index in [4.69, 9.17) is 9.47 Å². The number of ether oxygens (including phenoxy) is 3. The quantitative estimate of drug-likeness (QED) is 0.842. The van der Waals surface area contributed by atoms with Crippen molar-refractivity contribution in [1.82, 2.24) is 4.90 Å². The molecule has 0 bridgehead atoms. The van der Waals surface area contributed by atoms with Crippen LogP contribution in [0.3, 0.4) is 0 Å². The number of hydrogen-bond donors (Lipinski definition) is 0. The molecule has 1 fully saturated rings. The Labute approximate surface area is 137 Å². The summed E-state index contributed by atoms with van der Waals surface area (Å²) in [6, 6.07) is 5.31. The molecule has 0 aromatic heterocycles. The van der Waals surface area contributed by atoms with Crippen LogP contribution in [0.15, 0.2) is 18.2 Å². The summed E-state index contributed by atoms with van der Waals surface area (Å²) in [7, 11) is 0. The topological polar surface area (TPSA) is 48.0 Å². The van der Waals surface area contributed by atoms with Crippen molar-refractivity contribution < 1.29 is 32.2 Å². The summed E-state index contributed by atoms with van der Waals surface area (Å²) in [5.41, 5.74) is 0.890. The summed E-state index contributed by atoms with van der Waals surface area (Å²) in [4.78, 5) is 13.8. The van der Waals surface area contributed by atoms with Crippen LogP contribution < -0.4 is 9.47 Å². The maximum absolute atomic E-state index is 12.2. The molecule has 0 spiro atoms. The van der Waals surface area contributed by atoms with Crippen LogP contribution in [0.5, 0.6) is 11.5 Å². The van der Waals surface area contributed by atoms with Crippen LogP contribution in [-0.4, -0.2) is 50.0 Å². The van der Waals surface area contributed by atoms with Gasteiger partial charge in [0.25, 0.3) is 0 Å². The Morgan fingerprint density at radius 3 is 2.75 bits per heavy atom. The van der Waals surface area contributed by atoms with Crippen molar-refractivity contribution >= 4 is 5.91 Å². The number of nitrogens with zero attached hydrogens (tertiary/aromatic N) is 1. The third-order valence-electron chi connectivity index (χ3n) is 4.02.